The van der Waals surface area contributed by atoms with Gasteiger partial charge in [-0.2, -0.15) is 5.26 Å². The number of ether oxygens (including phenoxy) is 2. The van der Waals surface area contributed by atoms with Crippen molar-refractivity contribution in [2.24, 2.45) is 5.73 Å². The summed E-state index contributed by atoms with van der Waals surface area (Å²) in [6.07, 6.45) is 0. The largest absolute Gasteiger partial charge is 0.466 e. The first-order valence-corrected chi connectivity index (χ1v) is 11.6. The predicted octanol–water partition coefficient (Wildman–Crippen LogP) is 4.39. The lowest BCUT2D eigenvalue weighted by molar-refractivity contribution is -0.139. The highest BCUT2D eigenvalue weighted by molar-refractivity contribution is 6.07. The summed E-state index contributed by atoms with van der Waals surface area (Å²) in [5.41, 5.74) is 9.08. The topological polar surface area (TPSA) is 132 Å². The number of nitrogens with zero attached hydrogens (tertiary/aromatic N) is 3. The molecule has 3 aromatic carbocycles. The van der Waals surface area contributed by atoms with Gasteiger partial charge in [-0.15, -0.1) is 0 Å². The van der Waals surface area contributed by atoms with E-state index in [2.05, 4.69) is 11.1 Å². The number of nitriles is 1. The lowest BCUT2D eigenvalue weighted by Gasteiger charge is -2.36. The highest BCUT2D eigenvalue weighted by Crippen LogP contribution is 2.45. The maximum absolute atomic E-state index is 13.4. The molecule has 0 fully saturated rings. The van der Waals surface area contributed by atoms with Crippen LogP contribution in [-0.2, 0) is 19.1 Å². The van der Waals surface area contributed by atoms with Crippen LogP contribution in [0.3, 0.4) is 0 Å². The highest BCUT2D eigenvalue weighted by Gasteiger charge is 2.43. The number of hydrogen-bond donors (Lipinski definition) is 1. The second-order valence-electron chi connectivity index (χ2n) is 8.34. The van der Waals surface area contributed by atoms with E-state index in [1.54, 1.807) is 60.7 Å². The molecule has 0 aliphatic carbocycles. The third-order valence-corrected chi connectivity index (χ3v) is 6.28. The first-order chi connectivity index (χ1) is 18.5. The molecule has 1 aliphatic heterocycles. The lowest BCUT2D eigenvalue weighted by atomic mass is 9.80. The molecule has 188 valence electrons. The Morgan fingerprint density at radius 1 is 0.947 bits per heavy atom. The number of benzene rings is 3. The van der Waals surface area contributed by atoms with Crippen molar-refractivity contribution >= 4 is 28.7 Å². The van der Waals surface area contributed by atoms with Gasteiger partial charge in [0.05, 0.1) is 48.6 Å². The number of aromatic nitrogens is 1. The van der Waals surface area contributed by atoms with E-state index in [1.807, 2.05) is 18.2 Å². The number of carbonyl (C=O) groups excluding carboxylic acids is 2. The molecule has 1 aliphatic rings. The summed E-state index contributed by atoms with van der Waals surface area (Å²) in [6, 6.07) is 25.2. The number of nitrogens with two attached hydrogens (primary N) is 1. The van der Waals surface area contributed by atoms with Crippen molar-refractivity contribution in [1.29, 1.82) is 5.26 Å². The minimum atomic E-state index is -0.963. The van der Waals surface area contributed by atoms with Crippen LogP contribution >= 0.6 is 0 Å². The van der Waals surface area contributed by atoms with Crippen LogP contribution < -0.4 is 10.6 Å². The molecular formula is C29H22N4O5. The van der Waals surface area contributed by atoms with Crippen molar-refractivity contribution in [1.82, 2.24) is 4.98 Å². The van der Waals surface area contributed by atoms with Crippen LogP contribution in [0.2, 0.25) is 0 Å². The number of hydrogen-bond acceptors (Lipinski definition) is 9. The molecule has 1 aromatic heterocycles. The molecular weight excluding hydrogens is 484 g/mol. The van der Waals surface area contributed by atoms with Gasteiger partial charge in [-0.25, -0.2) is 14.6 Å². The molecule has 1 atom stereocenters. The normalized spacial score (nSPS) is 15.4. The maximum Gasteiger partial charge on any atom is 0.355 e. The van der Waals surface area contributed by atoms with Gasteiger partial charge in [0.2, 0.25) is 5.89 Å². The first-order valence-electron chi connectivity index (χ1n) is 11.6. The van der Waals surface area contributed by atoms with E-state index >= 15 is 0 Å². The molecule has 0 bridgehead atoms. The number of rotatable bonds is 5. The van der Waals surface area contributed by atoms with E-state index in [0.29, 0.717) is 27.9 Å². The van der Waals surface area contributed by atoms with Crippen molar-refractivity contribution in [2.45, 2.75) is 5.92 Å². The van der Waals surface area contributed by atoms with E-state index in [4.69, 9.17) is 19.6 Å². The number of allylic oxidation sites excluding steroid dienone is 1. The van der Waals surface area contributed by atoms with Crippen LogP contribution in [0.4, 0.5) is 5.69 Å². The van der Waals surface area contributed by atoms with Gasteiger partial charge in [-0.1, -0.05) is 54.6 Å². The second-order valence-corrected chi connectivity index (χ2v) is 8.34. The molecule has 9 nitrogen and oxygen atoms in total. The molecule has 0 spiro atoms. The molecule has 1 unspecified atom stereocenters. The van der Waals surface area contributed by atoms with Crippen LogP contribution in [0.25, 0.3) is 22.6 Å². The molecule has 0 saturated heterocycles. The number of esters is 2. The Kier molecular flexibility index (Phi) is 6.37. The number of fused-ring (bicyclic) bond motifs is 1. The summed E-state index contributed by atoms with van der Waals surface area (Å²) in [4.78, 5) is 32.6. The molecule has 0 amide bonds. The lowest BCUT2D eigenvalue weighted by Crippen LogP contribution is -2.41. The van der Waals surface area contributed by atoms with Crippen LogP contribution in [-0.4, -0.2) is 31.1 Å². The molecule has 0 radical (unpaired) electrons. The Morgan fingerprint density at radius 3 is 2.29 bits per heavy atom. The van der Waals surface area contributed by atoms with Gasteiger partial charge in [-0.3, -0.25) is 4.90 Å². The number of methoxy groups -OCH3 is 2. The van der Waals surface area contributed by atoms with Crippen molar-refractivity contribution < 1.29 is 23.5 Å². The highest BCUT2D eigenvalue weighted by atomic mass is 16.5. The van der Waals surface area contributed by atoms with E-state index < -0.39 is 17.9 Å². The maximum atomic E-state index is 13.4. The van der Waals surface area contributed by atoms with Gasteiger partial charge in [-0.05, 0) is 29.8 Å². The SMILES string of the molecule is COC(=O)C1=C(C(=O)OC)N(c2ccccc2-c2nc3ccccc3o2)C(N)=C(C#N)C1c1ccccc1. The van der Waals surface area contributed by atoms with Gasteiger partial charge < -0.3 is 19.6 Å². The van der Waals surface area contributed by atoms with Crippen molar-refractivity contribution in [3.05, 3.63) is 107 Å². The molecule has 38 heavy (non-hydrogen) atoms. The fourth-order valence-corrected chi connectivity index (χ4v) is 4.60. The molecule has 9 heteroatoms. The van der Waals surface area contributed by atoms with Gasteiger partial charge in [0.25, 0.3) is 0 Å². The Labute approximate surface area is 218 Å². The standard InChI is InChI=1S/C29H22N4O5/c1-36-28(34)24-23(17-10-4-3-5-11-17)19(16-30)26(31)33(25(24)29(35)37-2)21-14-8-6-12-18(21)27-32-20-13-7-9-15-22(20)38-27/h3-15,23H,31H2,1-2H3. The van der Waals surface area contributed by atoms with Gasteiger partial charge in [0, 0.05) is 0 Å². The molecule has 2 N–H and O–H groups in total. The zero-order valence-electron chi connectivity index (χ0n) is 20.5. The monoisotopic (exact) mass is 506 g/mol. The summed E-state index contributed by atoms with van der Waals surface area (Å²) >= 11 is 0. The minimum Gasteiger partial charge on any atom is -0.466 e. The number of para-hydroxylation sites is 3. The van der Waals surface area contributed by atoms with E-state index in [1.165, 1.54) is 19.1 Å². The molecule has 4 aromatic rings. The molecule has 0 saturated carbocycles. The van der Waals surface area contributed by atoms with Crippen LogP contribution in [0, 0.1) is 11.3 Å². The first kappa shape index (κ1) is 24.3. The van der Waals surface area contributed by atoms with Crippen LogP contribution in [0.1, 0.15) is 11.5 Å². The Hall–Kier alpha value is -5.36. The fraction of sp³-hybridized carbons (Fsp3) is 0.103. The van der Waals surface area contributed by atoms with Gasteiger partial charge in [0.1, 0.15) is 17.0 Å². The fourth-order valence-electron chi connectivity index (χ4n) is 4.60. The van der Waals surface area contributed by atoms with E-state index in [9.17, 15) is 14.9 Å². The summed E-state index contributed by atoms with van der Waals surface area (Å²) in [6.45, 7) is 0. The third-order valence-electron chi connectivity index (χ3n) is 6.28. The summed E-state index contributed by atoms with van der Waals surface area (Å²) in [5.74, 6) is -2.38. The van der Waals surface area contributed by atoms with Gasteiger partial charge in [0.15, 0.2) is 5.58 Å². The summed E-state index contributed by atoms with van der Waals surface area (Å²) in [5, 5.41) is 10.3. The summed E-state index contributed by atoms with van der Waals surface area (Å²) in [7, 11) is 2.41. The smallest absolute Gasteiger partial charge is 0.355 e. The quantitative estimate of drug-likeness (QED) is 0.391. The zero-order chi connectivity index (χ0) is 26.8. The average Bonchev–Trinajstić information content (AvgIpc) is 3.40. The average molecular weight is 507 g/mol. The van der Waals surface area contributed by atoms with Crippen molar-refractivity contribution in [2.75, 3.05) is 19.1 Å². The predicted molar refractivity (Wildman–Crippen MR) is 139 cm³/mol. The third kappa shape index (κ3) is 3.94. The van der Waals surface area contributed by atoms with E-state index in [-0.39, 0.29) is 28.6 Å². The van der Waals surface area contributed by atoms with Crippen molar-refractivity contribution in [3.63, 3.8) is 0 Å². The van der Waals surface area contributed by atoms with Crippen LogP contribution in [0.5, 0.6) is 0 Å². The number of oxazole rings is 1. The van der Waals surface area contributed by atoms with E-state index in [0.717, 1.165) is 0 Å². The van der Waals surface area contributed by atoms with Gasteiger partial charge >= 0.3 is 11.9 Å². The van der Waals surface area contributed by atoms with Crippen LogP contribution in [0.15, 0.2) is 106 Å². The zero-order valence-corrected chi connectivity index (χ0v) is 20.5. The molecule has 5 rings (SSSR count). The Balaban J connectivity index is 1.83. The minimum absolute atomic E-state index is 0.0435. The Morgan fingerprint density at radius 2 is 1.61 bits per heavy atom. The summed E-state index contributed by atoms with van der Waals surface area (Å²) < 4.78 is 16.2. The van der Waals surface area contributed by atoms with Crippen molar-refractivity contribution in [3.8, 4) is 17.5 Å². The molecule has 2 heterocycles. The Bertz CT molecular complexity index is 1630. The number of carbonyl (C=O) groups is 2. The second kappa shape index (κ2) is 9.95. The number of anilines is 1.